The van der Waals surface area contributed by atoms with Crippen molar-refractivity contribution >= 4 is 22.5 Å². The van der Waals surface area contributed by atoms with Crippen LogP contribution in [0.15, 0.2) is 58.1 Å². The highest BCUT2D eigenvalue weighted by atomic mass is 16.5. The number of anilines is 1. The molecule has 0 bridgehead atoms. The van der Waals surface area contributed by atoms with E-state index in [2.05, 4.69) is 10.3 Å². The summed E-state index contributed by atoms with van der Waals surface area (Å²) in [6.07, 6.45) is -0.00145. The summed E-state index contributed by atoms with van der Waals surface area (Å²) in [5.74, 6) is 0.327. The molecule has 3 aromatic rings. The second-order valence-electron chi connectivity index (χ2n) is 5.46. The number of carbonyl (C=O) groups is 1. The molecule has 1 aromatic heterocycles. The molecular formula is C18H17N3O4. The van der Waals surface area contributed by atoms with Crippen molar-refractivity contribution in [2.45, 2.75) is 13.0 Å². The van der Waals surface area contributed by atoms with E-state index in [9.17, 15) is 14.4 Å². The number of aromatic amines is 1. The SMILES string of the molecule is COc1cccc(NC(=O)CCn2c(=O)[nH]c3ccccc3c2=O)c1. The first-order valence-corrected chi connectivity index (χ1v) is 7.74. The predicted molar refractivity (Wildman–Crippen MR) is 95.1 cm³/mol. The van der Waals surface area contributed by atoms with E-state index in [0.717, 1.165) is 4.57 Å². The third kappa shape index (κ3) is 3.60. The van der Waals surface area contributed by atoms with Crippen LogP contribution in [0.25, 0.3) is 10.9 Å². The van der Waals surface area contributed by atoms with E-state index in [1.54, 1.807) is 55.6 Å². The monoisotopic (exact) mass is 339 g/mol. The number of fused-ring (bicyclic) bond motifs is 1. The lowest BCUT2D eigenvalue weighted by Crippen LogP contribution is -2.36. The van der Waals surface area contributed by atoms with E-state index in [1.807, 2.05) is 0 Å². The van der Waals surface area contributed by atoms with Gasteiger partial charge in [0.25, 0.3) is 5.56 Å². The molecule has 0 aliphatic heterocycles. The zero-order chi connectivity index (χ0) is 17.8. The van der Waals surface area contributed by atoms with Crippen LogP contribution in [-0.4, -0.2) is 22.6 Å². The van der Waals surface area contributed by atoms with Gasteiger partial charge in [0.15, 0.2) is 0 Å². The number of methoxy groups -OCH3 is 1. The number of H-pyrrole nitrogens is 1. The topological polar surface area (TPSA) is 93.2 Å². The number of carbonyl (C=O) groups excluding carboxylic acids is 1. The minimum Gasteiger partial charge on any atom is -0.497 e. The maximum atomic E-state index is 12.4. The van der Waals surface area contributed by atoms with Crippen LogP contribution in [0.3, 0.4) is 0 Å². The summed E-state index contributed by atoms with van der Waals surface area (Å²) in [5, 5.41) is 3.13. The summed E-state index contributed by atoms with van der Waals surface area (Å²) in [6.45, 7) is -0.00516. The zero-order valence-corrected chi connectivity index (χ0v) is 13.6. The van der Waals surface area contributed by atoms with Gasteiger partial charge in [-0.05, 0) is 24.3 Å². The van der Waals surface area contributed by atoms with Gasteiger partial charge in [-0.2, -0.15) is 0 Å². The maximum absolute atomic E-state index is 12.4. The summed E-state index contributed by atoms with van der Waals surface area (Å²) < 4.78 is 6.13. The Morgan fingerprint density at radius 1 is 1.16 bits per heavy atom. The van der Waals surface area contributed by atoms with Gasteiger partial charge in [-0.1, -0.05) is 18.2 Å². The molecule has 0 aliphatic rings. The Morgan fingerprint density at radius 3 is 2.76 bits per heavy atom. The smallest absolute Gasteiger partial charge is 0.328 e. The first-order chi connectivity index (χ1) is 12.1. The fourth-order valence-electron chi connectivity index (χ4n) is 2.54. The Balaban J connectivity index is 1.75. The van der Waals surface area contributed by atoms with Gasteiger partial charge in [0, 0.05) is 24.7 Å². The first-order valence-electron chi connectivity index (χ1n) is 7.74. The number of nitrogens with zero attached hydrogens (tertiary/aromatic N) is 1. The molecule has 0 fully saturated rings. The Bertz CT molecular complexity index is 1040. The van der Waals surface area contributed by atoms with Crippen molar-refractivity contribution in [3.63, 3.8) is 0 Å². The molecule has 128 valence electrons. The molecular weight excluding hydrogens is 322 g/mol. The number of para-hydroxylation sites is 1. The van der Waals surface area contributed by atoms with Crippen molar-refractivity contribution in [1.82, 2.24) is 9.55 Å². The number of hydrogen-bond acceptors (Lipinski definition) is 4. The lowest BCUT2D eigenvalue weighted by molar-refractivity contribution is -0.116. The summed E-state index contributed by atoms with van der Waals surface area (Å²) in [7, 11) is 1.54. The van der Waals surface area contributed by atoms with Crippen molar-refractivity contribution in [2.75, 3.05) is 12.4 Å². The third-order valence-electron chi connectivity index (χ3n) is 3.81. The van der Waals surface area contributed by atoms with Gasteiger partial charge in [-0.3, -0.25) is 14.2 Å². The van der Waals surface area contributed by atoms with Gasteiger partial charge < -0.3 is 15.0 Å². The van der Waals surface area contributed by atoms with Crippen LogP contribution in [-0.2, 0) is 11.3 Å². The number of hydrogen-bond donors (Lipinski definition) is 2. The zero-order valence-electron chi connectivity index (χ0n) is 13.6. The van der Waals surface area contributed by atoms with Gasteiger partial charge in [0.1, 0.15) is 5.75 Å². The Hall–Kier alpha value is -3.35. The summed E-state index contributed by atoms with van der Waals surface area (Å²) in [5.41, 5.74) is 0.130. The second-order valence-corrected chi connectivity index (χ2v) is 5.46. The number of benzene rings is 2. The standard InChI is InChI=1S/C18H17N3O4/c1-25-13-6-4-5-12(11-13)19-16(22)9-10-21-17(23)14-7-2-3-8-15(14)20-18(21)24/h2-8,11H,9-10H2,1H3,(H,19,22)(H,20,24). The molecule has 2 aromatic carbocycles. The third-order valence-corrected chi connectivity index (χ3v) is 3.81. The molecule has 7 heteroatoms. The molecule has 0 aliphatic carbocycles. The molecule has 3 rings (SSSR count). The number of amides is 1. The fraction of sp³-hybridized carbons (Fsp3) is 0.167. The Labute approximate surface area is 142 Å². The summed E-state index contributed by atoms with van der Waals surface area (Å²) >= 11 is 0. The van der Waals surface area contributed by atoms with E-state index in [-0.39, 0.29) is 18.9 Å². The molecule has 0 radical (unpaired) electrons. The minimum absolute atomic E-state index is 0.00145. The maximum Gasteiger partial charge on any atom is 0.328 e. The van der Waals surface area contributed by atoms with Crippen LogP contribution in [0.1, 0.15) is 6.42 Å². The van der Waals surface area contributed by atoms with E-state index in [1.165, 1.54) is 0 Å². The molecule has 0 atom stereocenters. The lowest BCUT2D eigenvalue weighted by atomic mass is 10.2. The van der Waals surface area contributed by atoms with Gasteiger partial charge in [0.2, 0.25) is 5.91 Å². The molecule has 0 saturated carbocycles. The molecule has 1 heterocycles. The van der Waals surface area contributed by atoms with Crippen LogP contribution in [0.5, 0.6) is 5.75 Å². The van der Waals surface area contributed by atoms with E-state index >= 15 is 0 Å². The highest BCUT2D eigenvalue weighted by Crippen LogP contribution is 2.16. The largest absolute Gasteiger partial charge is 0.497 e. The molecule has 0 saturated heterocycles. The quantitative estimate of drug-likeness (QED) is 0.740. The second kappa shape index (κ2) is 7.04. The van der Waals surface area contributed by atoms with E-state index in [4.69, 9.17) is 4.74 Å². The number of nitrogens with one attached hydrogen (secondary N) is 2. The van der Waals surface area contributed by atoms with Crippen molar-refractivity contribution in [3.05, 3.63) is 69.4 Å². The number of ether oxygens (including phenoxy) is 1. The van der Waals surface area contributed by atoms with Gasteiger partial charge in [0.05, 0.1) is 18.0 Å². The van der Waals surface area contributed by atoms with Crippen molar-refractivity contribution in [1.29, 1.82) is 0 Å². The molecule has 2 N–H and O–H groups in total. The normalized spacial score (nSPS) is 10.6. The molecule has 25 heavy (non-hydrogen) atoms. The van der Waals surface area contributed by atoms with E-state index < -0.39 is 11.2 Å². The molecule has 0 spiro atoms. The number of rotatable bonds is 5. The number of aromatic nitrogens is 2. The van der Waals surface area contributed by atoms with E-state index in [0.29, 0.717) is 22.3 Å². The Kier molecular flexibility index (Phi) is 4.65. The first kappa shape index (κ1) is 16.5. The highest BCUT2D eigenvalue weighted by Gasteiger charge is 2.09. The molecule has 0 unspecified atom stereocenters. The fourth-order valence-corrected chi connectivity index (χ4v) is 2.54. The van der Waals surface area contributed by atoms with Crippen LogP contribution < -0.4 is 21.3 Å². The van der Waals surface area contributed by atoms with Crippen molar-refractivity contribution in [2.24, 2.45) is 0 Å². The van der Waals surface area contributed by atoms with Gasteiger partial charge in [-0.25, -0.2) is 4.79 Å². The van der Waals surface area contributed by atoms with Crippen molar-refractivity contribution < 1.29 is 9.53 Å². The summed E-state index contributed by atoms with van der Waals surface area (Å²) in [4.78, 5) is 39.2. The minimum atomic E-state index is -0.530. The van der Waals surface area contributed by atoms with Gasteiger partial charge in [-0.15, -0.1) is 0 Å². The van der Waals surface area contributed by atoms with Crippen molar-refractivity contribution in [3.8, 4) is 5.75 Å². The average molecular weight is 339 g/mol. The van der Waals surface area contributed by atoms with Crippen LogP contribution in [0.4, 0.5) is 5.69 Å². The Morgan fingerprint density at radius 2 is 1.96 bits per heavy atom. The highest BCUT2D eigenvalue weighted by molar-refractivity contribution is 5.90. The molecule has 1 amide bonds. The van der Waals surface area contributed by atoms with Crippen LogP contribution >= 0.6 is 0 Å². The van der Waals surface area contributed by atoms with Crippen LogP contribution in [0, 0.1) is 0 Å². The molecule has 7 nitrogen and oxygen atoms in total. The predicted octanol–water partition coefficient (Wildman–Crippen LogP) is 1.73. The van der Waals surface area contributed by atoms with Crippen LogP contribution in [0.2, 0.25) is 0 Å². The average Bonchev–Trinajstić information content (AvgIpc) is 2.61. The summed E-state index contributed by atoms with van der Waals surface area (Å²) in [6, 6.07) is 13.7. The van der Waals surface area contributed by atoms with Gasteiger partial charge >= 0.3 is 5.69 Å². The lowest BCUT2D eigenvalue weighted by Gasteiger charge is -2.08.